The molecule has 1 N–H and O–H groups in total. The van der Waals surface area contributed by atoms with Crippen LogP contribution in [0.1, 0.15) is 29.5 Å². The minimum atomic E-state index is -2.61. The van der Waals surface area contributed by atoms with E-state index in [0.29, 0.717) is 23.7 Å². The summed E-state index contributed by atoms with van der Waals surface area (Å²) >= 11 is 0. The molecule has 1 aliphatic rings. The number of hydrogen-bond donors (Lipinski definition) is 1. The molecule has 0 unspecified atom stereocenters. The lowest BCUT2D eigenvalue weighted by atomic mass is 9.91. The van der Waals surface area contributed by atoms with Gasteiger partial charge < -0.3 is 10.1 Å². The van der Waals surface area contributed by atoms with Crippen LogP contribution in [0.3, 0.4) is 0 Å². The number of rotatable bonds is 7. The monoisotopic (exact) mass is 422 g/mol. The van der Waals surface area contributed by atoms with E-state index < -0.39 is 12.0 Å². The first-order valence-corrected chi connectivity index (χ1v) is 9.84. The molecular formula is C23H20F2N4O2. The zero-order valence-electron chi connectivity index (χ0n) is 16.6. The van der Waals surface area contributed by atoms with Gasteiger partial charge in [0.05, 0.1) is 24.6 Å². The van der Waals surface area contributed by atoms with Gasteiger partial charge in [0.25, 0.3) is 5.92 Å². The molecule has 0 aliphatic heterocycles. The van der Waals surface area contributed by atoms with Gasteiger partial charge in [-0.3, -0.25) is 9.48 Å². The van der Waals surface area contributed by atoms with E-state index in [2.05, 4.69) is 16.5 Å². The van der Waals surface area contributed by atoms with Crippen molar-refractivity contribution >= 4 is 11.7 Å². The molecule has 1 saturated carbocycles. The van der Waals surface area contributed by atoms with E-state index in [0.717, 1.165) is 11.1 Å². The Bertz CT molecular complexity index is 1090. The molecule has 4 rings (SSSR count). The number of halogens is 2. The molecule has 0 spiro atoms. The second-order valence-electron chi connectivity index (χ2n) is 7.58. The fourth-order valence-electron chi connectivity index (χ4n) is 3.33. The number of carbonyl (C=O) groups excluding carboxylic acids is 1. The van der Waals surface area contributed by atoms with Gasteiger partial charge in [-0.25, -0.2) is 8.78 Å². The minimum Gasteiger partial charge on any atom is -0.490 e. The molecule has 1 heterocycles. The summed E-state index contributed by atoms with van der Waals surface area (Å²) in [5, 5.41) is 16.0. The number of aromatic nitrogens is 2. The van der Waals surface area contributed by atoms with E-state index in [1.165, 1.54) is 0 Å². The average Bonchev–Trinajstić information content (AvgIpc) is 3.15. The van der Waals surface area contributed by atoms with Crippen LogP contribution in [0.15, 0.2) is 60.8 Å². The Hall–Kier alpha value is -3.73. The molecule has 2 aromatic carbocycles. The van der Waals surface area contributed by atoms with E-state index in [1.54, 1.807) is 53.3 Å². The van der Waals surface area contributed by atoms with Gasteiger partial charge in [-0.1, -0.05) is 24.3 Å². The SMILES string of the molecule is N#Cc1ccc(Cn2ccc(NC(=O)Cc3ccc(OC4CC(F)(F)C4)cc3)n2)cc1. The van der Waals surface area contributed by atoms with Gasteiger partial charge in [-0.15, -0.1) is 0 Å². The number of alkyl halides is 2. The van der Waals surface area contributed by atoms with Crippen LogP contribution in [0, 0.1) is 11.3 Å². The molecule has 8 heteroatoms. The van der Waals surface area contributed by atoms with Gasteiger partial charge in [0.2, 0.25) is 5.91 Å². The first-order valence-electron chi connectivity index (χ1n) is 9.84. The number of nitrogens with one attached hydrogen (secondary N) is 1. The van der Waals surface area contributed by atoms with Crippen molar-refractivity contribution < 1.29 is 18.3 Å². The van der Waals surface area contributed by atoms with Crippen molar-refractivity contribution in [3.8, 4) is 11.8 Å². The molecule has 0 bridgehead atoms. The van der Waals surface area contributed by atoms with Gasteiger partial charge in [-0.2, -0.15) is 10.4 Å². The standard InChI is InChI=1S/C23H20F2N4O2/c24-23(25)12-20(13-23)31-19-7-5-16(6-8-19)11-22(30)27-21-9-10-29(28-21)15-18-3-1-17(14-26)2-4-18/h1-10,20H,11-13,15H2,(H,27,28,30). The zero-order chi connectivity index (χ0) is 21.8. The Labute approximate surface area is 178 Å². The van der Waals surface area contributed by atoms with Crippen LogP contribution < -0.4 is 10.1 Å². The molecule has 158 valence electrons. The number of carbonyl (C=O) groups is 1. The molecule has 6 nitrogen and oxygen atoms in total. The third-order valence-corrected chi connectivity index (χ3v) is 4.98. The van der Waals surface area contributed by atoms with Crippen LogP contribution >= 0.6 is 0 Å². The molecule has 1 aromatic heterocycles. The van der Waals surface area contributed by atoms with Crippen molar-refractivity contribution in [2.75, 3.05) is 5.32 Å². The lowest BCUT2D eigenvalue weighted by Gasteiger charge is -2.34. The van der Waals surface area contributed by atoms with Gasteiger partial charge in [-0.05, 0) is 35.4 Å². The van der Waals surface area contributed by atoms with E-state index >= 15 is 0 Å². The van der Waals surface area contributed by atoms with Crippen LogP contribution in [-0.2, 0) is 17.8 Å². The highest BCUT2D eigenvalue weighted by molar-refractivity contribution is 5.91. The zero-order valence-corrected chi connectivity index (χ0v) is 16.6. The maximum atomic E-state index is 12.9. The van der Waals surface area contributed by atoms with Crippen molar-refractivity contribution in [2.24, 2.45) is 0 Å². The van der Waals surface area contributed by atoms with E-state index in [9.17, 15) is 13.6 Å². The van der Waals surface area contributed by atoms with E-state index in [-0.39, 0.29) is 25.2 Å². The minimum absolute atomic E-state index is 0.157. The molecular weight excluding hydrogens is 402 g/mol. The third-order valence-electron chi connectivity index (χ3n) is 4.98. The highest BCUT2D eigenvalue weighted by Crippen LogP contribution is 2.39. The van der Waals surface area contributed by atoms with Crippen molar-refractivity contribution in [1.82, 2.24) is 9.78 Å². The summed E-state index contributed by atoms with van der Waals surface area (Å²) in [5.41, 5.74) is 2.37. The van der Waals surface area contributed by atoms with Crippen LogP contribution in [0.5, 0.6) is 5.75 Å². The fourth-order valence-corrected chi connectivity index (χ4v) is 3.33. The predicted molar refractivity (Wildman–Crippen MR) is 110 cm³/mol. The topological polar surface area (TPSA) is 79.9 Å². The largest absolute Gasteiger partial charge is 0.490 e. The quantitative estimate of drug-likeness (QED) is 0.620. The van der Waals surface area contributed by atoms with Gasteiger partial charge in [0.1, 0.15) is 11.9 Å². The molecule has 1 aliphatic carbocycles. The Morgan fingerprint density at radius 1 is 1.13 bits per heavy atom. The second kappa shape index (κ2) is 8.56. The van der Waals surface area contributed by atoms with Crippen molar-refractivity contribution in [3.63, 3.8) is 0 Å². The molecule has 0 atom stereocenters. The van der Waals surface area contributed by atoms with E-state index in [1.807, 2.05) is 12.1 Å². The summed E-state index contributed by atoms with van der Waals surface area (Å²) in [7, 11) is 0. The normalized spacial score (nSPS) is 15.0. The molecule has 31 heavy (non-hydrogen) atoms. The molecule has 3 aromatic rings. The maximum absolute atomic E-state index is 12.9. The number of anilines is 1. The molecule has 0 saturated heterocycles. The van der Waals surface area contributed by atoms with Crippen molar-refractivity contribution in [2.45, 2.75) is 37.8 Å². The van der Waals surface area contributed by atoms with Crippen molar-refractivity contribution in [1.29, 1.82) is 5.26 Å². The first kappa shape index (κ1) is 20.5. The predicted octanol–water partition coefficient (Wildman–Crippen LogP) is 4.16. The highest BCUT2D eigenvalue weighted by Gasteiger charge is 2.46. The van der Waals surface area contributed by atoms with Gasteiger partial charge >= 0.3 is 0 Å². The number of nitriles is 1. The Morgan fingerprint density at radius 2 is 1.81 bits per heavy atom. The number of ether oxygens (including phenoxy) is 1. The number of amides is 1. The first-order chi connectivity index (χ1) is 14.9. The van der Waals surface area contributed by atoms with Crippen molar-refractivity contribution in [3.05, 3.63) is 77.5 Å². The number of nitrogens with zero attached hydrogens (tertiary/aromatic N) is 3. The summed E-state index contributed by atoms with van der Waals surface area (Å²) in [6.07, 6.45) is 0.960. The maximum Gasteiger partial charge on any atom is 0.255 e. The Balaban J connectivity index is 1.26. The smallest absolute Gasteiger partial charge is 0.255 e. The van der Waals surface area contributed by atoms with E-state index in [4.69, 9.17) is 10.00 Å². The van der Waals surface area contributed by atoms with Crippen LogP contribution in [0.25, 0.3) is 0 Å². The lowest BCUT2D eigenvalue weighted by molar-refractivity contribution is -0.134. The Kier molecular flexibility index (Phi) is 5.67. The van der Waals surface area contributed by atoms with Crippen LogP contribution in [0.2, 0.25) is 0 Å². The summed E-state index contributed by atoms with van der Waals surface area (Å²) in [5.74, 6) is -1.86. The number of hydrogen-bond acceptors (Lipinski definition) is 4. The summed E-state index contributed by atoms with van der Waals surface area (Å²) in [6, 6.07) is 17.9. The molecule has 0 radical (unpaired) electrons. The molecule has 1 fully saturated rings. The summed E-state index contributed by atoms with van der Waals surface area (Å²) in [4.78, 5) is 12.3. The highest BCUT2D eigenvalue weighted by atomic mass is 19.3. The lowest BCUT2D eigenvalue weighted by Crippen LogP contribution is -2.43. The molecule has 1 amide bonds. The van der Waals surface area contributed by atoms with Gasteiger partial charge in [0, 0.05) is 25.1 Å². The Morgan fingerprint density at radius 3 is 2.45 bits per heavy atom. The van der Waals surface area contributed by atoms with Crippen LogP contribution in [-0.4, -0.2) is 27.7 Å². The summed E-state index contributed by atoms with van der Waals surface area (Å²) < 4.78 is 32.9. The second-order valence-corrected chi connectivity index (χ2v) is 7.58. The average molecular weight is 422 g/mol. The number of benzene rings is 2. The third kappa shape index (κ3) is 5.45. The fraction of sp³-hybridized carbons (Fsp3) is 0.261. The van der Waals surface area contributed by atoms with Gasteiger partial charge in [0.15, 0.2) is 5.82 Å². The summed E-state index contributed by atoms with van der Waals surface area (Å²) in [6.45, 7) is 0.524. The van der Waals surface area contributed by atoms with Crippen LogP contribution in [0.4, 0.5) is 14.6 Å².